The van der Waals surface area contributed by atoms with Gasteiger partial charge in [-0.3, -0.25) is 14.4 Å². The van der Waals surface area contributed by atoms with Crippen molar-refractivity contribution in [3.8, 4) is 17.0 Å². The molecule has 5 rings (SSSR count). The summed E-state index contributed by atoms with van der Waals surface area (Å²) in [7, 11) is 1.63. The largest absolute Gasteiger partial charge is 0.496 e. The van der Waals surface area contributed by atoms with E-state index in [1.165, 1.54) is 5.56 Å². The first-order valence-corrected chi connectivity index (χ1v) is 12.6. The van der Waals surface area contributed by atoms with Crippen LogP contribution in [0.4, 0.5) is 0 Å². The van der Waals surface area contributed by atoms with Crippen molar-refractivity contribution in [2.75, 3.05) is 33.4 Å². The van der Waals surface area contributed by atoms with E-state index in [9.17, 15) is 4.79 Å². The Labute approximate surface area is 217 Å². The molecule has 1 fully saturated rings. The second-order valence-electron chi connectivity index (χ2n) is 9.11. The number of carbonyl (C=O) groups excluding carboxylic acids is 1. The molecular formula is C30H32N4O3. The van der Waals surface area contributed by atoms with E-state index in [0.29, 0.717) is 30.1 Å². The average molecular weight is 497 g/mol. The summed E-state index contributed by atoms with van der Waals surface area (Å²) < 4.78 is 12.9. The van der Waals surface area contributed by atoms with E-state index in [0.717, 1.165) is 49.5 Å². The van der Waals surface area contributed by atoms with Crippen LogP contribution in [-0.4, -0.2) is 54.0 Å². The molecule has 0 bridgehead atoms. The van der Waals surface area contributed by atoms with E-state index in [1.54, 1.807) is 7.11 Å². The number of aromatic nitrogens is 2. The fourth-order valence-corrected chi connectivity index (χ4v) is 4.63. The number of rotatable bonds is 9. The van der Waals surface area contributed by atoms with Crippen molar-refractivity contribution in [3.63, 3.8) is 0 Å². The van der Waals surface area contributed by atoms with E-state index in [2.05, 4.69) is 40.5 Å². The van der Waals surface area contributed by atoms with Crippen LogP contribution >= 0.6 is 0 Å². The summed E-state index contributed by atoms with van der Waals surface area (Å²) >= 11 is 0. The standard InChI is InChI=1S/C30H32N4O3/c1-36-28-14-8-7-13-26(28)29-27(22-34(32-29)20-23-9-3-2-4-10-23)30(35)31-19-24-11-5-6-12-25(24)21-33-15-17-37-18-16-33/h2-14,22H,15-21H2,1H3,(H,31,35). The van der Waals surface area contributed by atoms with Gasteiger partial charge in [0.25, 0.3) is 5.91 Å². The molecule has 37 heavy (non-hydrogen) atoms. The van der Waals surface area contributed by atoms with Crippen LogP contribution in [0.5, 0.6) is 5.75 Å². The minimum Gasteiger partial charge on any atom is -0.496 e. The molecule has 4 aromatic rings. The number of carbonyl (C=O) groups is 1. The van der Waals surface area contributed by atoms with Crippen LogP contribution in [0.3, 0.4) is 0 Å². The lowest BCUT2D eigenvalue weighted by molar-refractivity contribution is 0.0340. The minimum absolute atomic E-state index is 0.165. The van der Waals surface area contributed by atoms with Crippen LogP contribution in [0.1, 0.15) is 27.0 Å². The second kappa shape index (κ2) is 11.9. The molecular weight excluding hydrogens is 464 g/mol. The highest BCUT2D eigenvalue weighted by atomic mass is 16.5. The second-order valence-corrected chi connectivity index (χ2v) is 9.11. The summed E-state index contributed by atoms with van der Waals surface area (Å²) in [5.74, 6) is 0.513. The summed E-state index contributed by atoms with van der Waals surface area (Å²) in [5.41, 5.74) is 5.35. The number of nitrogens with one attached hydrogen (secondary N) is 1. The molecule has 2 heterocycles. The number of ether oxygens (including phenoxy) is 2. The quantitative estimate of drug-likeness (QED) is 0.373. The lowest BCUT2D eigenvalue weighted by atomic mass is 10.1. The molecule has 0 spiro atoms. The normalized spacial score (nSPS) is 13.9. The molecule has 7 heteroatoms. The van der Waals surface area contributed by atoms with E-state index < -0.39 is 0 Å². The summed E-state index contributed by atoms with van der Waals surface area (Å²) in [4.78, 5) is 15.9. The number of benzene rings is 3. The fourth-order valence-electron chi connectivity index (χ4n) is 4.63. The molecule has 0 saturated carbocycles. The Morgan fingerprint density at radius 3 is 2.41 bits per heavy atom. The lowest BCUT2D eigenvalue weighted by Crippen LogP contribution is -2.36. The van der Waals surface area contributed by atoms with Gasteiger partial charge in [0.1, 0.15) is 11.4 Å². The predicted octanol–water partition coefficient (Wildman–Crippen LogP) is 4.37. The molecule has 0 atom stereocenters. The molecule has 7 nitrogen and oxygen atoms in total. The smallest absolute Gasteiger partial charge is 0.255 e. The zero-order valence-corrected chi connectivity index (χ0v) is 21.1. The number of hydrogen-bond acceptors (Lipinski definition) is 5. The Hall–Kier alpha value is -3.94. The van der Waals surface area contributed by atoms with E-state index >= 15 is 0 Å². The maximum absolute atomic E-state index is 13.5. The first-order chi connectivity index (χ1) is 18.2. The van der Waals surface area contributed by atoms with Gasteiger partial charge < -0.3 is 14.8 Å². The van der Waals surface area contributed by atoms with Gasteiger partial charge in [-0.25, -0.2) is 0 Å². The van der Waals surface area contributed by atoms with Crippen LogP contribution < -0.4 is 10.1 Å². The molecule has 1 saturated heterocycles. The van der Waals surface area contributed by atoms with Crippen molar-refractivity contribution < 1.29 is 14.3 Å². The number of amides is 1. The molecule has 0 unspecified atom stereocenters. The highest BCUT2D eigenvalue weighted by Gasteiger charge is 2.21. The van der Waals surface area contributed by atoms with Crippen molar-refractivity contribution in [2.24, 2.45) is 0 Å². The molecule has 3 aromatic carbocycles. The maximum Gasteiger partial charge on any atom is 0.255 e. The Morgan fingerprint density at radius 1 is 0.919 bits per heavy atom. The van der Waals surface area contributed by atoms with Crippen LogP contribution in [0.2, 0.25) is 0 Å². The van der Waals surface area contributed by atoms with Crippen LogP contribution in [0.15, 0.2) is 85.1 Å². The lowest BCUT2D eigenvalue weighted by Gasteiger charge is -2.27. The zero-order valence-electron chi connectivity index (χ0n) is 21.1. The van der Waals surface area contributed by atoms with Crippen molar-refractivity contribution in [3.05, 3.63) is 107 Å². The van der Waals surface area contributed by atoms with Gasteiger partial charge in [-0.2, -0.15) is 5.10 Å². The minimum atomic E-state index is -0.165. The maximum atomic E-state index is 13.5. The molecule has 190 valence electrons. The monoisotopic (exact) mass is 496 g/mol. The van der Waals surface area contributed by atoms with E-state index in [1.807, 2.05) is 59.4 Å². The van der Waals surface area contributed by atoms with Crippen LogP contribution in [0, 0.1) is 0 Å². The highest BCUT2D eigenvalue weighted by molar-refractivity contribution is 6.00. The van der Waals surface area contributed by atoms with E-state index in [4.69, 9.17) is 14.6 Å². The molecule has 0 radical (unpaired) electrons. The highest BCUT2D eigenvalue weighted by Crippen LogP contribution is 2.31. The number of hydrogen-bond donors (Lipinski definition) is 1. The van der Waals surface area contributed by atoms with Crippen LogP contribution in [0.25, 0.3) is 11.3 Å². The van der Waals surface area contributed by atoms with Gasteiger partial charge in [-0.1, -0.05) is 66.7 Å². The summed E-state index contributed by atoms with van der Waals surface area (Å²) in [6, 6.07) is 26.0. The number of nitrogens with zero attached hydrogens (tertiary/aromatic N) is 3. The van der Waals surface area contributed by atoms with Crippen molar-refractivity contribution >= 4 is 5.91 Å². The topological polar surface area (TPSA) is 68.6 Å². The van der Waals surface area contributed by atoms with Gasteiger partial charge in [0, 0.05) is 37.9 Å². The zero-order chi connectivity index (χ0) is 25.5. The van der Waals surface area contributed by atoms with Gasteiger partial charge in [-0.05, 0) is 28.8 Å². The molecule has 1 amide bonds. The van der Waals surface area contributed by atoms with Crippen molar-refractivity contribution in [1.82, 2.24) is 20.0 Å². The third-order valence-corrected chi connectivity index (χ3v) is 6.61. The summed E-state index contributed by atoms with van der Waals surface area (Å²) in [5, 5.41) is 7.95. The number of para-hydroxylation sites is 1. The Balaban J connectivity index is 1.39. The molecule has 1 aromatic heterocycles. The third-order valence-electron chi connectivity index (χ3n) is 6.61. The predicted molar refractivity (Wildman–Crippen MR) is 143 cm³/mol. The Morgan fingerprint density at radius 2 is 1.62 bits per heavy atom. The summed E-state index contributed by atoms with van der Waals surface area (Å²) in [6.45, 7) is 5.21. The average Bonchev–Trinajstić information content (AvgIpc) is 3.37. The van der Waals surface area contributed by atoms with Crippen molar-refractivity contribution in [1.29, 1.82) is 0 Å². The van der Waals surface area contributed by atoms with Gasteiger partial charge in [-0.15, -0.1) is 0 Å². The SMILES string of the molecule is COc1ccccc1-c1nn(Cc2ccccc2)cc1C(=O)NCc1ccccc1CN1CCOCC1. The van der Waals surface area contributed by atoms with E-state index in [-0.39, 0.29) is 5.91 Å². The molecule has 1 aliphatic heterocycles. The fraction of sp³-hybridized carbons (Fsp3) is 0.267. The first-order valence-electron chi connectivity index (χ1n) is 12.6. The molecule has 1 N–H and O–H groups in total. The summed E-state index contributed by atoms with van der Waals surface area (Å²) in [6.07, 6.45) is 1.82. The van der Waals surface area contributed by atoms with Gasteiger partial charge in [0.05, 0.1) is 32.4 Å². The van der Waals surface area contributed by atoms with Gasteiger partial charge in [0.15, 0.2) is 0 Å². The van der Waals surface area contributed by atoms with Gasteiger partial charge >= 0.3 is 0 Å². The number of morpholine rings is 1. The van der Waals surface area contributed by atoms with Gasteiger partial charge in [0.2, 0.25) is 0 Å². The molecule has 0 aliphatic carbocycles. The van der Waals surface area contributed by atoms with Crippen molar-refractivity contribution in [2.45, 2.75) is 19.6 Å². The third kappa shape index (κ3) is 6.07. The number of methoxy groups -OCH3 is 1. The Kier molecular flexibility index (Phi) is 7.93. The first kappa shape index (κ1) is 24.7. The van der Waals surface area contributed by atoms with Crippen LogP contribution in [-0.2, 0) is 24.4 Å². The Bertz CT molecular complexity index is 1330. The molecule has 1 aliphatic rings.